The van der Waals surface area contributed by atoms with Crippen LogP contribution in [0.5, 0.6) is 0 Å². The lowest BCUT2D eigenvalue weighted by Gasteiger charge is -2.21. The van der Waals surface area contributed by atoms with Crippen molar-refractivity contribution in [1.29, 1.82) is 0 Å². The fourth-order valence-electron chi connectivity index (χ4n) is 1.35. The second-order valence-corrected chi connectivity index (χ2v) is 5.10. The van der Waals surface area contributed by atoms with Crippen LogP contribution in [0.2, 0.25) is 0 Å². The van der Waals surface area contributed by atoms with Gasteiger partial charge in [0.2, 0.25) is 10.0 Å². The molecule has 0 radical (unpaired) electrons. The average Bonchev–Trinajstić information content (AvgIpc) is 2.31. The van der Waals surface area contributed by atoms with Gasteiger partial charge in [-0.05, 0) is 24.4 Å². The number of hydrogen-bond donors (Lipinski definition) is 1. The summed E-state index contributed by atoms with van der Waals surface area (Å²) < 4.78 is 24.1. The van der Waals surface area contributed by atoms with E-state index in [4.69, 9.17) is 11.6 Å². The first-order valence-corrected chi connectivity index (χ1v) is 6.10. The van der Waals surface area contributed by atoms with Crippen LogP contribution in [0.4, 0.5) is 4.79 Å². The number of likely N-dealkylation sites (tertiary alicyclic amines) is 1. The van der Waals surface area contributed by atoms with E-state index in [1.807, 2.05) is 0 Å². The van der Waals surface area contributed by atoms with Crippen molar-refractivity contribution in [3.63, 3.8) is 0 Å². The molecule has 1 saturated heterocycles. The van der Waals surface area contributed by atoms with E-state index in [1.54, 1.807) is 0 Å². The maximum atomic E-state index is 10.9. The SMILES string of the molecule is CS(=O)(=O)NC1CCCN1C(=O)Cl. The van der Waals surface area contributed by atoms with Gasteiger partial charge < -0.3 is 4.90 Å². The highest BCUT2D eigenvalue weighted by molar-refractivity contribution is 7.88. The van der Waals surface area contributed by atoms with Crippen LogP contribution in [0.15, 0.2) is 0 Å². The van der Waals surface area contributed by atoms with E-state index in [9.17, 15) is 13.2 Å². The highest BCUT2D eigenvalue weighted by Gasteiger charge is 2.29. The Morgan fingerprint density at radius 2 is 2.23 bits per heavy atom. The van der Waals surface area contributed by atoms with E-state index in [2.05, 4.69) is 4.72 Å². The smallest absolute Gasteiger partial charge is 0.313 e. The maximum absolute atomic E-state index is 10.9. The third kappa shape index (κ3) is 3.13. The third-order valence-electron chi connectivity index (χ3n) is 1.83. The number of carbonyl (C=O) groups is 1. The molecular weight excluding hydrogens is 216 g/mol. The zero-order valence-corrected chi connectivity index (χ0v) is 8.73. The fourth-order valence-corrected chi connectivity index (χ4v) is 2.29. The molecule has 1 unspecified atom stereocenters. The Balaban J connectivity index is 2.64. The Labute approximate surface area is 82.1 Å². The highest BCUT2D eigenvalue weighted by Crippen LogP contribution is 2.17. The van der Waals surface area contributed by atoms with Crippen molar-refractivity contribution in [2.45, 2.75) is 19.0 Å². The normalized spacial score (nSPS) is 23.5. The minimum Gasteiger partial charge on any atom is -0.313 e. The van der Waals surface area contributed by atoms with Crippen molar-refractivity contribution in [1.82, 2.24) is 9.62 Å². The molecule has 1 atom stereocenters. The first kappa shape index (κ1) is 10.7. The van der Waals surface area contributed by atoms with Crippen LogP contribution >= 0.6 is 11.6 Å². The molecule has 1 aliphatic heterocycles. The summed E-state index contributed by atoms with van der Waals surface area (Å²) in [5, 5.41) is -0.612. The van der Waals surface area contributed by atoms with Gasteiger partial charge in [-0.3, -0.25) is 4.79 Å². The summed E-state index contributed by atoms with van der Waals surface area (Å²) in [4.78, 5) is 12.1. The van der Waals surface area contributed by atoms with Crippen LogP contribution in [0.3, 0.4) is 0 Å². The number of sulfonamides is 1. The van der Waals surface area contributed by atoms with Gasteiger partial charge in [-0.2, -0.15) is 4.72 Å². The molecule has 76 valence electrons. The van der Waals surface area contributed by atoms with Crippen molar-refractivity contribution >= 4 is 27.0 Å². The molecule has 0 saturated carbocycles. The number of hydrogen-bond acceptors (Lipinski definition) is 3. The van der Waals surface area contributed by atoms with Crippen LogP contribution in [0.25, 0.3) is 0 Å². The largest absolute Gasteiger partial charge is 0.317 e. The summed E-state index contributed by atoms with van der Waals surface area (Å²) in [6, 6.07) is 0. The topological polar surface area (TPSA) is 66.5 Å². The maximum Gasteiger partial charge on any atom is 0.317 e. The Morgan fingerprint density at radius 1 is 1.62 bits per heavy atom. The molecule has 0 aromatic heterocycles. The first-order valence-electron chi connectivity index (χ1n) is 3.83. The second-order valence-electron chi connectivity index (χ2n) is 2.99. The van der Waals surface area contributed by atoms with E-state index in [0.717, 1.165) is 12.7 Å². The van der Waals surface area contributed by atoms with Gasteiger partial charge in [0.05, 0.1) is 12.4 Å². The molecule has 1 fully saturated rings. The number of halogens is 1. The van der Waals surface area contributed by atoms with Gasteiger partial charge in [-0.25, -0.2) is 8.42 Å². The third-order valence-corrected chi connectivity index (χ3v) is 2.75. The van der Waals surface area contributed by atoms with E-state index >= 15 is 0 Å². The second kappa shape index (κ2) is 3.81. The predicted octanol–water partition coefficient (Wildman–Crippen LogP) is 0.316. The molecule has 1 amide bonds. The van der Waals surface area contributed by atoms with Crippen molar-refractivity contribution in [3.8, 4) is 0 Å². The van der Waals surface area contributed by atoms with Gasteiger partial charge in [0.15, 0.2) is 0 Å². The van der Waals surface area contributed by atoms with E-state index in [0.29, 0.717) is 13.0 Å². The van der Waals surface area contributed by atoms with Crippen LogP contribution in [-0.4, -0.2) is 37.7 Å². The molecule has 0 aromatic rings. The van der Waals surface area contributed by atoms with Crippen molar-refractivity contribution in [2.24, 2.45) is 0 Å². The molecule has 0 aromatic carbocycles. The van der Waals surface area contributed by atoms with Crippen LogP contribution in [0.1, 0.15) is 12.8 Å². The van der Waals surface area contributed by atoms with Crippen molar-refractivity contribution in [2.75, 3.05) is 12.8 Å². The van der Waals surface area contributed by atoms with Crippen molar-refractivity contribution < 1.29 is 13.2 Å². The Morgan fingerprint density at radius 3 is 2.69 bits per heavy atom. The number of rotatable bonds is 2. The molecular formula is C6H11ClN2O3S. The monoisotopic (exact) mass is 226 g/mol. The zero-order valence-electron chi connectivity index (χ0n) is 7.16. The summed E-state index contributed by atoms with van der Waals surface area (Å²) >= 11 is 5.26. The van der Waals surface area contributed by atoms with Gasteiger partial charge in [0.1, 0.15) is 0 Å². The Hall–Kier alpha value is -0.330. The molecule has 1 aliphatic rings. The minimum absolute atomic E-state index is 0.472. The number of nitrogens with zero attached hydrogens (tertiary/aromatic N) is 1. The van der Waals surface area contributed by atoms with Crippen LogP contribution in [-0.2, 0) is 10.0 Å². The Kier molecular flexibility index (Phi) is 3.15. The summed E-state index contributed by atoms with van der Waals surface area (Å²) in [6.07, 6.45) is 1.97. The summed E-state index contributed by atoms with van der Waals surface area (Å²) in [6.45, 7) is 0.509. The lowest BCUT2D eigenvalue weighted by molar-refractivity contribution is 0.214. The average molecular weight is 227 g/mol. The number of carbonyl (C=O) groups excluding carboxylic acids is 1. The first-order chi connectivity index (χ1) is 5.90. The van der Waals surface area contributed by atoms with E-state index in [-0.39, 0.29) is 0 Å². The predicted molar refractivity (Wildman–Crippen MR) is 49.0 cm³/mol. The van der Waals surface area contributed by atoms with Gasteiger partial charge >= 0.3 is 5.37 Å². The lowest BCUT2D eigenvalue weighted by Crippen LogP contribution is -2.44. The summed E-state index contributed by atoms with van der Waals surface area (Å²) in [5.41, 5.74) is 0. The number of nitrogens with one attached hydrogen (secondary N) is 1. The fraction of sp³-hybridized carbons (Fsp3) is 0.833. The van der Waals surface area contributed by atoms with E-state index < -0.39 is 21.6 Å². The quantitative estimate of drug-likeness (QED) is 0.545. The van der Waals surface area contributed by atoms with Gasteiger partial charge in [-0.1, -0.05) is 0 Å². The molecule has 0 bridgehead atoms. The molecule has 1 heterocycles. The van der Waals surface area contributed by atoms with E-state index in [1.165, 1.54) is 4.90 Å². The van der Waals surface area contributed by atoms with Crippen molar-refractivity contribution in [3.05, 3.63) is 0 Å². The molecule has 5 nitrogen and oxygen atoms in total. The Bertz CT molecular complexity index is 303. The van der Waals surface area contributed by atoms with Gasteiger partial charge in [0, 0.05) is 6.54 Å². The molecule has 1 N–H and O–H groups in total. The zero-order chi connectivity index (χ0) is 10.1. The van der Waals surface area contributed by atoms with Gasteiger partial charge in [-0.15, -0.1) is 0 Å². The highest BCUT2D eigenvalue weighted by atomic mass is 35.5. The standard InChI is InChI=1S/C6H11ClN2O3S/c1-13(11,12)8-5-3-2-4-9(5)6(7)10/h5,8H,2-4H2,1H3. The number of amides is 1. The minimum atomic E-state index is -3.28. The molecule has 1 rings (SSSR count). The molecule has 7 heteroatoms. The molecule has 0 aliphatic carbocycles. The lowest BCUT2D eigenvalue weighted by atomic mass is 10.3. The van der Waals surface area contributed by atoms with Gasteiger partial charge in [0.25, 0.3) is 0 Å². The van der Waals surface area contributed by atoms with Crippen LogP contribution < -0.4 is 4.72 Å². The van der Waals surface area contributed by atoms with Crippen LogP contribution in [0, 0.1) is 0 Å². The molecule has 13 heavy (non-hydrogen) atoms. The molecule has 0 spiro atoms. The summed E-state index contributed by atoms with van der Waals surface area (Å²) in [7, 11) is -3.28. The summed E-state index contributed by atoms with van der Waals surface area (Å²) in [5.74, 6) is 0.